The fourth-order valence-corrected chi connectivity index (χ4v) is 2.68. The molecule has 2 heteroatoms. The molecule has 1 aliphatic carbocycles. The lowest BCUT2D eigenvalue weighted by atomic mass is 9.95. The van der Waals surface area contributed by atoms with Crippen molar-refractivity contribution in [3.8, 4) is 0 Å². The van der Waals surface area contributed by atoms with Crippen LogP contribution in [0.5, 0.6) is 0 Å². The lowest BCUT2D eigenvalue weighted by Crippen LogP contribution is -2.33. The van der Waals surface area contributed by atoms with Crippen LogP contribution < -0.4 is 5.32 Å². The van der Waals surface area contributed by atoms with E-state index < -0.39 is 0 Å². The fraction of sp³-hybridized carbons (Fsp3) is 1.00. The molecule has 0 aromatic heterocycles. The zero-order chi connectivity index (χ0) is 11.8. The van der Waals surface area contributed by atoms with Gasteiger partial charge in [0.05, 0.1) is 0 Å². The Morgan fingerprint density at radius 1 is 1.19 bits per heavy atom. The fourth-order valence-electron chi connectivity index (χ4n) is 2.68. The van der Waals surface area contributed by atoms with Gasteiger partial charge in [-0.05, 0) is 45.3 Å². The third-order valence-corrected chi connectivity index (χ3v) is 3.43. The molecule has 0 radical (unpaired) electrons. The van der Waals surface area contributed by atoms with E-state index in [1.165, 1.54) is 58.2 Å². The summed E-state index contributed by atoms with van der Waals surface area (Å²) in [5.41, 5.74) is 0. The van der Waals surface area contributed by atoms with Crippen LogP contribution in [0.3, 0.4) is 0 Å². The maximum Gasteiger partial charge on any atom is 0.00670 e. The first-order chi connectivity index (χ1) is 7.68. The molecule has 0 atom stereocenters. The van der Waals surface area contributed by atoms with Crippen LogP contribution in [-0.4, -0.2) is 37.6 Å². The molecule has 0 aromatic rings. The third kappa shape index (κ3) is 6.49. The smallest absolute Gasteiger partial charge is 0.00670 e. The standard InChI is InChI=1S/C14H30N2/c1-13(2)12-16(3)11-7-10-15-14-8-5-4-6-9-14/h13-15H,4-12H2,1-3H3. The lowest BCUT2D eigenvalue weighted by molar-refractivity contribution is 0.284. The first-order valence-electron chi connectivity index (χ1n) is 7.10. The predicted molar refractivity (Wildman–Crippen MR) is 71.8 cm³/mol. The van der Waals surface area contributed by atoms with Gasteiger partial charge in [-0.1, -0.05) is 33.1 Å². The second-order valence-corrected chi connectivity index (χ2v) is 5.80. The molecular weight excluding hydrogens is 196 g/mol. The molecule has 1 fully saturated rings. The minimum atomic E-state index is 0.788. The van der Waals surface area contributed by atoms with Crippen molar-refractivity contribution in [3.05, 3.63) is 0 Å². The van der Waals surface area contributed by atoms with Gasteiger partial charge in [-0.15, -0.1) is 0 Å². The van der Waals surface area contributed by atoms with Gasteiger partial charge in [-0.3, -0.25) is 0 Å². The van der Waals surface area contributed by atoms with Crippen LogP contribution in [0.2, 0.25) is 0 Å². The number of nitrogens with one attached hydrogen (secondary N) is 1. The number of rotatable bonds is 7. The van der Waals surface area contributed by atoms with Gasteiger partial charge in [-0.25, -0.2) is 0 Å². The molecule has 16 heavy (non-hydrogen) atoms. The van der Waals surface area contributed by atoms with Gasteiger partial charge >= 0.3 is 0 Å². The second kappa shape index (κ2) is 8.08. The van der Waals surface area contributed by atoms with E-state index >= 15 is 0 Å². The molecule has 0 unspecified atom stereocenters. The Bertz CT molecular complexity index is 162. The number of nitrogens with zero attached hydrogens (tertiary/aromatic N) is 1. The summed E-state index contributed by atoms with van der Waals surface area (Å²) in [4.78, 5) is 2.45. The maximum absolute atomic E-state index is 3.70. The van der Waals surface area contributed by atoms with Crippen LogP contribution in [0.15, 0.2) is 0 Å². The quantitative estimate of drug-likeness (QED) is 0.672. The summed E-state index contributed by atoms with van der Waals surface area (Å²) >= 11 is 0. The van der Waals surface area contributed by atoms with Crippen molar-refractivity contribution in [2.24, 2.45) is 5.92 Å². The van der Waals surface area contributed by atoms with Crippen molar-refractivity contribution in [2.45, 2.75) is 58.4 Å². The Labute approximate surface area is 102 Å². The molecule has 1 N–H and O–H groups in total. The molecule has 1 rings (SSSR count). The van der Waals surface area contributed by atoms with Crippen molar-refractivity contribution >= 4 is 0 Å². The Hall–Kier alpha value is -0.0800. The Morgan fingerprint density at radius 2 is 1.88 bits per heavy atom. The van der Waals surface area contributed by atoms with E-state index in [4.69, 9.17) is 0 Å². The molecular formula is C14H30N2. The molecule has 96 valence electrons. The molecule has 0 heterocycles. The highest BCUT2D eigenvalue weighted by Gasteiger charge is 2.11. The molecule has 0 aliphatic heterocycles. The summed E-state index contributed by atoms with van der Waals surface area (Å²) in [7, 11) is 2.24. The molecule has 0 amide bonds. The lowest BCUT2D eigenvalue weighted by Gasteiger charge is -2.24. The largest absolute Gasteiger partial charge is 0.314 e. The van der Waals surface area contributed by atoms with Crippen molar-refractivity contribution in [1.29, 1.82) is 0 Å². The Balaban J connectivity index is 1.94. The summed E-state index contributed by atoms with van der Waals surface area (Å²) < 4.78 is 0. The molecule has 0 spiro atoms. The van der Waals surface area contributed by atoms with E-state index in [1.807, 2.05) is 0 Å². The van der Waals surface area contributed by atoms with Crippen LogP contribution in [0, 0.1) is 5.92 Å². The third-order valence-electron chi connectivity index (χ3n) is 3.43. The van der Waals surface area contributed by atoms with Gasteiger partial charge in [0.2, 0.25) is 0 Å². The summed E-state index contributed by atoms with van der Waals surface area (Å²) in [5.74, 6) is 0.788. The topological polar surface area (TPSA) is 15.3 Å². The number of hydrogen-bond acceptors (Lipinski definition) is 2. The molecule has 1 aliphatic rings. The van der Waals surface area contributed by atoms with Crippen LogP contribution in [0.25, 0.3) is 0 Å². The average Bonchev–Trinajstić information content (AvgIpc) is 2.25. The molecule has 0 bridgehead atoms. The highest BCUT2D eigenvalue weighted by atomic mass is 15.1. The summed E-state index contributed by atoms with van der Waals surface area (Å²) in [6, 6.07) is 0.823. The highest BCUT2D eigenvalue weighted by Crippen LogP contribution is 2.17. The van der Waals surface area contributed by atoms with E-state index in [0.29, 0.717) is 0 Å². The zero-order valence-electron chi connectivity index (χ0n) is 11.5. The van der Waals surface area contributed by atoms with Gasteiger partial charge in [0.1, 0.15) is 0 Å². The minimum absolute atomic E-state index is 0.788. The van der Waals surface area contributed by atoms with E-state index in [1.54, 1.807) is 0 Å². The monoisotopic (exact) mass is 226 g/mol. The Kier molecular flexibility index (Phi) is 7.06. The van der Waals surface area contributed by atoms with E-state index in [0.717, 1.165) is 12.0 Å². The first-order valence-corrected chi connectivity index (χ1v) is 7.10. The van der Waals surface area contributed by atoms with E-state index in [-0.39, 0.29) is 0 Å². The average molecular weight is 226 g/mol. The van der Waals surface area contributed by atoms with Crippen LogP contribution >= 0.6 is 0 Å². The summed E-state index contributed by atoms with van der Waals surface area (Å²) in [6.07, 6.45) is 8.43. The van der Waals surface area contributed by atoms with E-state index in [2.05, 4.69) is 31.1 Å². The molecule has 2 nitrogen and oxygen atoms in total. The van der Waals surface area contributed by atoms with Crippen molar-refractivity contribution < 1.29 is 0 Å². The van der Waals surface area contributed by atoms with Crippen LogP contribution in [0.1, 0.15) is 52.4 Å². The van der Waals surface area contributed by atoms with Gasteiger partial charge < -0.3 is 10.2 Å². The summed E-state index contributed by atoms with van der Waals surface area (Å²) in [5, 5.41) is 3.70. The van der Waals surface area contributed by atoms with E-state index in [9.17, 15) is 0 Å². The van der Waals surface area contributed by atoms with Gasteiger partial charge in [0, 0.05) is 12.6 Å². The van der Waals surface area contributed by atoms with Crippen LogP contribution in [-0.2, 0) is 0 Å². The number of hydrogen-bond donors (Lipinski definition) is 1. The van der Waals surface area contributed by atoms with Gasteiger partial charge in [-0.2, -0.15) is 0 Å². The summed E-state index contributed by atoms with van der Waals surface area (Å²) in [6.45, 7) is 8.24. The van der Waals surface area contributed by atoms with Crippen LogP contribution in [0.4, 0.5) is 0 Å². The molecule has 1 saturated carbocycles. The zero-order valence-corrected chi connectivity index (χ0v) is 11.5. The van der Waals surface area contributed by atoms with Gasteiger partial charge in [0.15, 0.2) is 0 Å². The first kappa shape index (κ1) is 14.0. The van der Waals surface area contributed by atoms with Gasteiger partial charge in [0.25, 0.3) is 0 Å². The SMILES string of the molecule is CC(C)CN(C)CCCNC1CCCCC1. The van der Waals surface area contributed by atoms with Crippen molar-refractivity contribution in [2.75, 3.05) is 26.7 Å². The van der Waals surface area contributed by atoms with Crippen molar-refractivity contribution in [3.63, 3.8) is 0 Å². The normalized spacial score (nSPS) is 18.6. The maximum atomic E-state index is 3.70. The molecule has 0 aromatic carbocycles. The van der Waals surface area contributed by atoms with Crippen molar-refractivity contribution in [1.82, 2.24) is 10.2 Å². The second-order valence-electron chi connectivity index (χ2n) is 5.80. The highest BCUT2D eigenvalue weighted by molar-refractivity contribution is 4.71. The minimum Gasteiger partial charge on any atom is -0.314 e. The molecule has 0 saturated heterocycles. The Morgan fingerprint density at radius 3 is 2.50 bits per heavy atom. The predicted octanol–water partition coefficient (Wildman–Crippen LogP) is 2.89.